The van der Waals surface area contributed by atoms with Gasteiger partial charge in [0.25, 0.3) is 0 Å². The van der Waals surface area contributed by atoms with Crippen molar-refractivity contribution in [3.8, 4) is 0 Å². The summed E-state index contributed by atoms with van der Waals surface area (Å²) in [5, 5.41) is 7.19. The van der Waals surface area contributed by atoms with Crippen LogP contribution in [0.4, 0.5) is 4.79 Å². The van der Waals surface area contributed by atoms with Crippen molar-refractivity contribution in [3.05, 3.63) is 29.0 Å². The van der Waals surface area contributed by atoms with E-state index < -0.39 is 16.4 Å². The van der Waals surface area contributed by atoms with Gasteiger partial charge in [0.1, 0.15) is 0 Å². The third kappa shape index (κ3) is 6.63. The van der Waals surface area contributed by atoms with E-state index >= 15 is 0 Å². The van der Waals surface area contributed by atoms with Crippen LogP contribution < -0.4 is 5.73 Å². The molecule has 1 aromatic heterocycles. The zero-order valence-corrected chi connectivity index (χ0v) is 7.28. The Labute approximate surface area is 75.2 Å². The van der Waals surface area contributed by atoms with Gasteiger partial charge in [0, 0.05) is 6.20 Å². The molecule has 0 fully saturated rings. The lowest BCUT2D eigenvalue weighted by Gasteiger charge is -1.76. The van der Waals surface area contributed by atoms with Crippen LogP contribution in [0.15, 0.2) is 24.4 Å². The Kier molecular flexibility index (Phi) is 5.05. The zero-order chi connectivity index (χ0) is 10.3. The van der Waals surface area contributed by atoms with Crippen LogP contribution in [0.25, 0.3) is 0 Å². The second-order valence-electron chi connectivity index (χ2n) is 1.80. The first-order valence-electron chi connectivity index (χ1n) is 3.08. The topological polar surface area (TPSA) is 113 Å². The number of aromatic nitrogens is 1. The lowest BCUT2D eigenvalue weighted by atomic mass is 10.5. The van der Waals surface area contributed by atoms with Crippen LogP contribution in [0.3, 0.4) is 0 Å². The van der Waals surface area contributed by atoms with Gasteiger partial charge in [-0.1, -0.05) is 6.07 Å². The van der Waals surface area contributed by atoms with Crippen LogP contribution in [0.1, 0.15) is 0 Å². The van der Waals surface area contributed by atoms with Gasteiger partial charge in [0.15, 0.2) is 4.64 Å². The number of nitrogens with two attached hydrogens (primary N) is 1. The highest BCUT2D eigenvalue weighted by Crippen LogP contribution is 1.79. The standard InChI is InChI=1S/C5H5NO2S.CH3NO2/c7-9(8)5-3-1-2-4-6-5;2-1(3)4/h1-4,6H;2H2,(H,3,4). The number of hydrogen-bond donors (Lipinski definition) is 3. The van der Waals surface area contributed by atoms with E-state index in [2.05, 4.69) is 10.7 Å². The fourth-order valence-electron chi connectivity index (χ4n) is 0.481. The summed E-state index contributed by atoms with van der Waals surface area (Å²) in [4.78, 5) is 11.3. The number of carboxylic acid groups (broad SMARTS) is 1. The third-order valence-electron chi connectivity index (χ3n) is 0.860. The Morgan fingerprint density at radius 1 is 1.46 bits per heavy atom. The molecule has 0 unspecified atom stereocenters. The van der Waals surface area contributed by atoms with Crippen LogP contribution >= 0.6 is 0 Å². The Hall–Kier alpha value is -1.76. The lowest BCUT2D eigenvalue weighted by Crippen LogP contribution is -2.03. The van der Waals surface area contributed by atoms with E-state index in [1.165, 1.54) is 6.07 Å². The molecule has 6 nitrogen and oxygen atoms in total. The zero-order valence-electron chi connectivity index (χ0n) is 6.47. The van der Waals surface area contributed by atoms with Crippen molar-refractivity contribution in [2.45, 2.75) is 0 Å². The molecule has 4 N–H and O–H groups in total. The molecule has 1 heterocycles. The molecule has 1 aromatic rings. The molecule has 13 heavy (non-hydrogen) atoms. The molecule has 0 saturated heterocycles. The summed E-state index contributed by atoms with van der Waals surface area (Å²) in [6, 6.07) is 4.86. The largest absolute Gasteiger partial charge is 0.465 e. The van der Waals surface area contributed by atoms with Gasteiger partial charge in [-0.3, -0.25) is 0 Å². The van der Waals surface area contributed by atoms with Crippen LogP contribution in [-0.2, 0) is 10.3 Å². The molecule has 0 aromatic carbocycles. The second kappa shape index (κ2) is 5.84. The Morgan fingerprint density at radius 2 is 2.00 bits per heavy atom. The molecular formula is C6H8N2O4S. The van der Waals surface area contributed by atoms with E-state index in [4.69, 9.17) is 9.90 Å². The minimum atomic E-state index is -2.13. The van der Waals surface area contributed by atoms with E-state index in [1.807, 2.05) is 0 Å². The van der Waals surface area contributed by atoms with E-state index in [0.29, 0.717) is 0 Å². The van der Waals surface area contributed by atoms with Crippen molar-refractivity contribution in [2.75, 3.05) is 0 Å². The number of hydrogen-bond acceptors (Lipinski definition) is 3. The lowest BCUT2D eigenvalue weighted by molar-refractivity contribution is 0.205. The number of nitrogens with one attached hydrogen (secondary N) is 1. The van der Waals surface area contributed by atoms with Crippen molar-refractivity contribution in [2.24, 2.45) is 5.73 Å². The minimum absolute atomic E-state index is 0.206. The molecule has 0 atom stereocenters. The van der Waals surface area contributed by atoms with Crippen molar-refractivity contribution >= 4 is 16.4 Å². The van der Waals surface area contributed by atoms with Gasteiger partial charge in [-0.15, -0.1) is 0 Å². The Bertz CT molecular complexity index is 404. The minimum Gasteiger partial charge on any atom is -0.465 e. The molecule has 72 valence electrons. The highest BCUT2D eigenvalue weighted by Gasteiger charge is 1.74. The van der Waals surface area contributed by atoms with E-state index in [9.17, 15) is 8.42 Å². The number of rotatable bonds is 0. The van der Waals surface area contributed by atoms with Gasteiger partial charge in [-0.25, -0.2) is 4.79 Å². The molecule has 1 amide bonds. The number of amides is 1. The first kappa shape index (κ1) is 11.2. The fourth-order valence-corrected chi connectivity index (χ4v) is 0.834. The molecule has 0 aliphatic heterocycles. The summed E-state index contributed by atoms with van der Waals surface area (Å²) >= 11 is 0. The van der Waals surface area contributed by atoms with Crippen molar-refractivity contribution < 1.29 is 18.3 Å². The van der Waals surface area contributed by atoms with Gasteiger partial charge in [-0.2, -0.15) is 8.42 Å². The van der Waals surface area contributed by atoms with Crippen molar-refractivity contribution in [3.63, 3.8) is 0 Å². The normalized spacial score (nSPS) is 8.00. The fraction of sp³-hybridized carbons (Fsp3) is 0. The van der Waals surface area contributed by atoms with Crippen molar-refractivity contribution in [1.29, 1.82) is 0 Å². The summed E-state index contributed by atoms with van der Waals surface area (Å²) in [6.07, 6.45) is 0.227. The number of pyridine rings is 1. The summed E-state index contributed by atoms with van der Waals surface area (Å²) < 4.78 is 20.5. The molecule has 0 saturated carbocycles. The highest BCUT2D eigenvalue weighted by molar-refractivity contribution is 7.63. The van der Waals surface area contributed by atoms with Gasteiger partial charge in [-0.05, 0) is 12.1 Å². The highest BCUT2D eigenvalue weighted by atomic mass is 32.2. The molecule has 0 aliphatic carbocycles. The maximum absolute atomic E-state index is 10.2. The van der Waals surface area contributed by atoms with E-state index in [0.717, 1.165) is 0 Å². The number of H-pyrrole nitrogens is 1. The molecule has 0 aliphatic rings. The van der Waals surface area contributed by atoms with Gasteiger partial charge in [0.05, 0.1) is 0 Å². The van der Waals surface area contributed by atoms with Gasteiger partial charge < -0.3 is 15.8 Å². The second-order valence-corrected chi connectivity index (χ2v) is 2.71. The maximum Gasteiger partial charge on any atom is 0.402 e. The van der Waals surface area contributed by atoms with Gasteiger partial charge >= 0.3 is 6.09 Å². The average Bonchev–Trinajstić information content (AvgIpc) is 2.05. The number of carbonyl (C=O) groups is 1. The molecular weight excluding hydrogens is 196 g/mol. The summed E-state index contributed by atoms with van der Waals surface area (Å²) in [6.45, 7) is 0. The van der Waals surface area contributed by atoms with E-state index in [1.54, 1.807) is 18.3 Å². The quantitative estimate of drug-likeness (QED) is 0.518. The summed E-state index contributed by atoms with van der Waals surface area (Å²) in [7, 11) is -2.13. The first-order valence-corrected chi connectivity index (χ1v) is 4.16. The predicted molar refractivity (Wildman–Crippen MR) is 45.2 cm³/mol. The first-order chi connectivity index (χ1) is 6.04. The molecule has 1 rings (SSSR count). The molecule has 0 radical (unpaired) electrons. The van der Waals surface area contributed by atoms with Crippen molar-refractivity contribution in [1.82, 2.24) is 4.98 Å². The number of primary amides is 1. The monoisotopic (exact) mass is 204 g/mol. The average molecular weight is 204 g/mol. The van der Waals surface area contributed by atoms with Crippen LogP contribution in [0, 0.1) is 4.64 Å². The molecule has 0 bridgehead atoms. The Balaban J connectivity index is 0.000000310. The number of aromatic amines is 1. The predicted octanol–water partition coefficient (Wildman–Crippen LogP) is 0.0489. The SMILES string of the molecule is NC(=O)O.O=S(=O)=c1cccc[nH]1. The van der Waals surface area contributed by atoms with Crippen LogP contribution in [0.2, 0.25) is 0 Å². The Morgan fingerprint density at radius 3 is 2.23 bits per heavy atom. The van der Waals surface area contributed by atoms with E-state index in [-0.39, 0.29) is 4.64 Å². The van der Waals surface area contributed by atoms with Crippen LogP contribution in [0.5, 0.6) is 0 Å². The summed E-state index contributed by atoms with van der Waals surface area (Å²) in [5.74, 6) is 0. The summed E-state index contributed by atoms with van der Waals surface area (Å²) in [5.41, 5.74) is 4.03. The van der Waals surface area contributed by atoms with Gasteiger partial charge in [0.2, 0.25) is 10.3 Å². The molecule has 0 spiro atoms. The smallest absolute Gasteiger partial charge is 0.402 e. The van der Waals surface area contributed by atoms with Crippen LogP contribution in [-0.4, -0.2) is 24.6 Å². The maximum atomic E-state index is 10.2. The molecule has 7 heteroatoms. The third-order valence-corrected chi connectivity index (χ3v) is 1.47.